The van der Waals surface area contributed by atoms with Crippen molar-refractivity contribution in [2.24, 2.45) is 0 Å². The van der Waals surface area contributed by atoms with Crippen molar-refractivity contribution in [1.29, 1.82) is 0 Å². The number of rotatable bonds is 18. The number of carbonyl (C=O) groups is 2. The van der Waals surface area contributed by atoms with Gasteiger partial charge in [0.1, 0.15) is 30.8 Å². The Morgan fingerprint density at radius 2 is 1.29 bits per heavy atom. The van der Waals surface area contributed by atoms with Crippen molar-refractivity contribution in [1.82, 2.24) is 0 Å². The summed E-state index contributed by atoms with van der Waals surface area (Å²) in [7, 11) is 0. The number of alkyl halides is 8. The zero-order chi connectivity index (χ0) is 35.5. The molecular formula is C33H32F8O7. The van der Waals surface area contributed by atoms with Gasteiger partial charge in [-0.05, 0) is 66.9 Å². The van der Waals surface area contributed by atoms with Crippen LogP contribution >= 0.6 is 0 Å². The Morgan fingerprint density at radius 3 is 1.85 bits per heavy atom. The Balaban J connectivity index is 1.46. The van der Waals surface area contributed by atoms with Crippen LogP contribution in [0, 0.1) is 0 Å². The normalized spacial score (nSPS) is 12.9. The third kappa shape index (κ3) is 9.89. The molecule has 262 valence electrons. The van der Waals surface area contributed by atoms with Crippen molar-refractivity contribution < 1.29 is 68.4 Å². The van der Waals surface area contributed by atoms with Crippen LogP contribution in [0.2, 0.25) is 0 Å². The second-order valence-electron chi connectivity index (χ2n) is 10.2. The molecule has 0 aliphatic heterocycles. The van der Waals surface area contributed by atoms with Gasteiger partial charge in [0, 0.05) is 6.61 Å². The lowest BCUT2D eigenvalue weighted by Gasteiger charge is -2.31. The van der Waals surface area contributed by atoms with Crippen LogP contribution in [0.25, 0.3) is 11.1 Å². The molecule has 0 fully saturated rings. The van der Waals surface area contributed by atoms with Gasteiger partial charge in [0.15, 0.2) is 0 Å². The molecule has 48 heavy (non-hydrogen) atoms. The zero-order valence-electron chi connectivity index (χ0n) is 25.7. The summed E-state index contributed by atoms with van der Waals surface area (Å²) in [4.78, 5) is 24.5. The van der Waals surface area contributed by atoms with E-state index in [2.05, 4.69) is 4.74 Å². The van der Waals surface area contributed by atoms with Gasteiger partial charge in [-0.15, -0.1) is 0 Å². The average molecular weight is 693 g/mol. The lowest BCUT2D eigenvalue weighted by atomic mass is 10.0. The molecule has 3 aromatic rings. The van der Waals surface area contributed by atoms with Gasteiger partial charge in [0.2, 0.25) is 0 Å². The third-order valence-electron chi connectivity index (χ3n) is 6.76. The fraction of sp³-hybridized carbons (Fsp3) is 0.394. The summed E-state index contributed by atoms with van der Waals surface area (Å²) in [6.45, 7) is 0.938. The molecule has 0 spiro atoms. The zero-order valence-corrected chi connectivity index (χ0v) is 25.7. The molecule has 0 aliphatic rings. The first-order chi connectivity index (χ1) is 22.6. The third-order valence-corrected chi connectivity index (χ3v) is 6.76. The van der Waals surface area contributed by atoms with Gasteiger partial charge < -0.3 is 23.7 Å². The van der Waals surface area contributed by atoms with E-state index in [0.717, 1.165) is 0 Å². The molecule has 0 radical (unpaired) electrons. The van der Waals surface area contributed by atoms with Crippen molar-refractivity contribution in [3.8, 4) is 22.6 Å². The molecule has 0 N–H and O–H groups in total. The first-order valence-electron chi connectivity index (χ1n) is 14.5. The highest BCUT2D eigenvalue weighted by Gasteiger charge is 2.75. The van der Waals surface area contributed by atoms with Crippen LogP contribution in [0.1, 0.15) is 42.3 Å². The van der Waals surface area contributed by atoms with Gasteiger partial charge in [-0.2, -0.15) is 26.3 Å². The van der Waals surface area contributed by atoms with Crippen LogP contribution in [0.4, 0.5) is 35.1 Å². The average Bonchev–Trinajstić information content (AvgIpc) is 3.05. The maximum Gasteiger partial charge on any atom is 0.380 e. The van der Waals surface area contributed by atoms with Crippen LogP contribution in [-0.2, 0) is 19.0 Å². The highest BCUT2D eigenvalue weighted by atomic mass is 19.4. The molecule has 3 rings (SSSR count). The molecular weight excluding hydrogens is 660 g/mol. The number of halogens is 8. The van der Waals surface area contributed by atoms with E-state index in [9.17, 15) is 44.7 Å². The lowest BCUT2D eigenvalue weighted by molar-refractivity contribution is -0.346. The minimum absolute atomic E-state index is 0.138. The first kappa shape index (κ1) is 38.2. The van der Waals surface area contributed by atoms with Crippen LogP contribution in [-0.4, -0.2) is 69.2 Å². The van der Waals surface area contributed by atoms with Crippen LogP contribution in [0.5, 0.6) is 11.5 Å². The van der Waals surface area contributed by atoms with Gasteiger partial charge >= 0.3 is 36.1 Å². The minimum Gasteiger partial charge on any atom is -0.491 e. The maximum absolute atomic E-state index is 13.5. The minimum atomic E-state index is -6.33. The van der Waals surface area contributed by atoms with Crippen molar-refractivity contribution >= 4 is 11.9 Å². The molecule has 1 atom stereocenters. The SMILES string of the molecule is CCOCCC(=O)O[C@@H](C)c1ccc(OC(=O)c2ccc(-c3ccc(OCCOCC(F)(F)C(F)(F)C(F)(F)C(F)F)cc3)cc2)cc1. The monoisotopic (exact) mass is 692 g/mol. The van der Waals surface area contributed by atoms with Crippen LogP contribution < -0.4 is 9.47 Å². The smallest absolute Gasteiger partial charge is 0.380 e. The number of carbonyl (C=O) groups excluding carboxylic acids is 2. The molecule has 0 heterocycles. The summed E-state index contributed by atoms with van der Waals surface area (Å²) in [6.07, 6.45) is -5.37. The molecule has 0 saturated carbocycles. The summed E-state index contributed by atoms with van der Waals surface area (Å²) < 4.78 is 129. The fourth-order valence-corrected chi connectivity index (χ4v) is 4.03. The van der Waals surface area contributed by atoms with E-state index < -0.39 is 62.1 Å². The Kier molecular flexibility index (Phi) is 13.3. The number of benzene rings is 3. The van der Waals surface area contributed by atoms with E-state index in [1.807, 2.05) is 6.92 Å². The Morgan fingerprint density at radius 1 is 0.729 bits per heavy atom. The van der Waals surface area contributed by atoms with Crippen LogP contribution in [0.3, 0.4) is 0 Å². The highest BCUT2D eigenvalue weighted by molar-refractivity contribution is 5.91. The molecule has 15 heteroatoms. The predicted octanol–water partition coefficient (Wildman–Crippen LogP) is 8.17. The van der Waals surface area contributed by atoms with E-state index in [0.29, 0.717) is 23.3 Å². The van der Waals surface area contributed by atoms with Crippen molar-refractivity contribution in [2.75, 3.05) is 33.0 Å². The van der Waals surface area contributed by atoms with E-state index >= 15 is 0 Å². The highest BCUT2D eigenvalue weighted by Crippen LogP contribution is 2.48. The molecule has 7 nitrogen and oxygen atoms in total. The Labute approximate surface area is 270 Å². The topological polar surface area (TPSA) is 80.3 Å². The number of hydrogen-bond donors (Lipinski definition) is 0. The largest absolute Gasteiger partial charge is 0.491 e. The summed E-state index contributed by atoms with van der Waals surface area (Å²) in [6, 6.07) is 19.2. The standard InChI is InChI=1S/C33H32F8O7/c1-3-44-17-16-28(42)47-21(2)22-8-14-27(15-9-22)48-29(43)25-6-4-23(5-7-25)24-10-12-26(13-11-24)46-19-18-45-20-31(36,37)33(40,41)32(38,39)30(34)35/h4-15,21,30H,3,16-20H2,1-2H3/t21-/m0/s1. The molecule has 0 unspecified atom stereocenters. The van der Waals surface area contributed by atoms with E-state index in [1.54, 1.807) is 67.6 Å². The summed E-state index contributed by atoms with van der Waals surface area (Å²) >= 11 is 0. The summed E-state index contributed by atoms with van der Waals surface area (Å²) in [5.74, 6) is -18.6. The molecule has 3 aromatic carbocycles. The first-order valence-corrected chi connectivity index (χ1v) is 14.5. The molecule has 0 amide bonds. The number of esters is 2. The van der Waals surface area contributed by atoms with E-state index in [4.69, 9.17) is 18.9 Å². The second kappa shape index (κ2) is 16.7. The van der Waals surface area contributed by atoms with Crippen LogP contribution in [0.15, 0.2) is 72.8 Å². The predicted molar refractivity (Wildman–Crippen MR) is 156 cm³/mol. The van der Waals surface area contributed by atoms with Crippen molar-refractivity contribution in [3.05, 3.63) is 83.9 Å². The van der Waals surface area contributed by atoms with Gasteiger partial charge in [-0.25, -0.2) is 13.6 Å². The lowest BCUT2D eigenvalue weighted by Crippen LogP contribution is -2.59. The quantitative estimate of drug-likeness (QED) is 0.0576. The second-order valence-corrected chi connectivity index (χ2v) is 10.2. The molecule has 0 saturated heterocycles. The molecule has 0 bridgehead atoms. The number of ether oxygens (including phenoxy) is 5. The van der Waals surface area contributed by atoms with Crippen molar-refractivity contribution in [3.63, 3.8) is 0 Å². The van der Waals surface area contributed by atoms with Gasteiger partial charge in [0.25, 0.3) is 0 Å². The molecule has 0 aromatic heterocycles. The molecule has 0 aliphatic carbocycles. The maximum atomic E-state index is 13.5. The Bertz CT molecular complexity index is 1460. The fourth-order valence-electron chi connectivity index (χ4n) is 4.03. The van der Waals surface area contributed by atoms with E-state index in [-0.39, 0.29) is 30.1 Å². The Hall–Kier alpha value is -4.24. The van der Waals surface area contributed by atoms with Gasteiger partial charge in [0.05, 0.1) is 25.2 Å². The van der Waals surface area contributed by atoms with Gasteiger partial charge in [-0.3, -0.25) is 4.79 Å². The number of hydrogen-bond acceptors (Lipinski definition) is 7. The van der Waals surface area contributed by atoms with E-state index in [1.165, 1.54) is 12.1 Å². The summed E-state index contributed by atoms with van der Waals surface area (Å²) in [5, 5.41) is 0. The van der Waals surface area contributed by atoms with Gasteiger partial charge in [-0.1, -0.05) is 36.4 Å². The summed E-state index contributed by atoms with van der Waals surface area (Å²) in [5.41, 5.74) is 2.38. The van der Waals surface area contributed by atoms with Crippen molar-refractivity contribution in [2.45, 2.75) is 50.6 Å².